The first kappa shape index (κ1) is 11.7. The van der Waals surface area contributed by atoms with E-state index in [0.29, 0.717) is 17.5 Å². The zero-order chi connectivity index (χ0) is 12.4. The molecular formula is C13H16N2O2. The van der Waals surface area contributed by atoms with Gasteiger partial charge in [-0.15, -0.1) is 0 Å². The lowest BCUT2D eigenvalue weighted by Crippen LogP contribution is -2.30. The molecule has 0 aliphatic carbocycles. The number of phenols is 1. The average Bonchev–Trinajstić information content (AvgIpc) is 2.73. The number of para-hydroxylation sites is 1. The Morgan fingerprint density at radius 1 is 1.53 bits per heavy atom. The van der Waals surface area contributed by atoms with Gasteiger partial charge in [0.25, 0.3) is 0 Å². The lowest BCUT2D eigenvalue weighted by molar-refractivity contribution is 0.0958. The van der Waals surface area contributed by atoms with Crippen LogP contribution in [0, 0.1) is 0 Å². The number of carbonyl (C=O) groups excluding carboxylic acids is 1. The van der Waals surface area contributed by atoms with Crippen molar-refractivity contribution in [3.05, 3.63) is 30.0 Å². The second-order valence-corrected chi connectivity index (χ2v) is 4.16. The second kappa shape index (κ2) is 4.59. The highest BCUT2D eigenvalue weighted by molar-refractivity contribution is 6.11. The number of hydrogen-bond acceptors (Lipinski definition) is 3. The van der Waals surface area contributed by atoms with E-state index in [-0.39, 0.29) is 11.5 Å². The van der Waals surface area contributed by atoms with Gasteiger partial charge in [-0.25, -0.2) is 0 Å². The van der Waals surface area contributed by atoms with Crippen LogP contribution in [0.5, 0.6) is 5.75 Å². The molecule has 2 rings (SSSR count). The first-order valence-electron chi connectivity index (χ1n) is 5.74. The Labute approximate surface area is 99.4 Å². The van der Waals surface area contributed by atoms with Gasteiger partial charge in [-0.05, 0) is 12.5 Å². The van der Waals surface area contributed by atoms with Gasteiger partial charge < -0.3 is 15.8 Å². The number of ketones is 1. The first-order valence-corrected chi connectivity index (χ1v) is 5.74. The van der Waals surface area contributed by atoms with E-state index in [4.69, 9.17) is 5.73 Å². The smallest absolute Gasteiger partial charge is 0.181 e. The maximum Gasteiger partial charge on any atom is 0.181 e. The molecule has 1 unspecified atom stereocenters. The van der Waals surface area contributed by atoms with Gasteiger partial charge in [0.05, 0.1) is 11.6 Å². The van der Waals surface area contributed by atoms with Crippen molar-refractivity contribution < 1.29 is 9.90 Å². The molecule has 0 amide bonds. The molecule has 2 aromatic rings. The van der Waals surface area contributed by atoms with E-state index in [0.717, 1.165) is 11.8 Å². The van der Waals surface area contributed by atoms with Gasteiger partial charge in [0.2, 0.25) is 0 Å². The molecule has 4 N–H and O–H groups in total. The summed E-state index contributed by atoms with van der Waals surface area (Å²) < 4.78 is 0. The molecule has 0 saturated carbocycles. The van der Waals surface area contributed by atoms with Crippen LogP contribution in [0.25, 0.3) is 10.9 Å². The SMILES string of the molecule is CCCC(N)C(=O)c1c[nH]c2c(O)cccc12. The minimum atomic E-state index is -0.471. The number of phenolic OH excluding ortho intramolecular Hbond substituents is 1. The maximum atomic E-state index is 12.1. The highest BCUT2D eigenvalue weighted by Crippen LogP contribution is 2.26. The molecule has 0 aliphatic heterocycles. The van der Waals surface area contributed by atoms with Crippen LogP contribution in [0.1, 0.15) is 30.1 Å². The lowest BCUT2D eigenvalue weighted by Gasteiger charge is -2.07. The van der Waals surface area contributed by atoms with Crippen LogP contribution >= 0.6 is 0 Å². The van der Waals surface area contributed by atoms with Crippen LogP contribution in [-0.2, 0) is 0 Å². The Morgan fingerprint density at radius 3 is 3.00 bits per heavy atom. The lowest BCUT2D eigenvalue weighted by atomic mass is 10.0. The van der Waals surface area contributed by atoms with Crippen molar-refractivity contribution in [3.8, 4) is 5.75 Å². The van der Waals surface area contributed by atoms with Gasteiger partial charge in [0, 0.05) is 17.1 Å². The highest BCUT2D eigenvalue weighted by atomic mass is 16.3. The van der Waals surface area contributed by atoms with Crippen LogP contribution in [0.15, 0.2) is 24.4 Å². The van der Waals surface area contributed by atoms with Gasteiger partial charge in [0.1, 0.15) is 5.75 Å². The molecular weight excluding hydrogens is 216 g/mol. The predicted octanol–water partition coefficient (Wildman–Crippen LogP) is 2.18. The molecule has 0 bridgehead atoms. The summed E-state index contributed by atoms with van der Waals surface area (Å²) in [5.41, 5.74) is 6.96. The molecule has 1 aromatic heterocycles. The van der Waals surface area contributed by atoms with Gasteiger partial charge in [-0.1, -0.05) is 25.5 Å². The van der Waals surface area contributed by atoms with Crippen molar-refractivity contribution in [1.82, 2.24) is 4.98 Å². The predicted molar refractivity (Wildman–Crippen MR) is 67.2 cm³/mol. The summed E-state index contributed by atoms with van der Waals surface area (Å²) in [6.07, 6.45) is 3.16. The molecule has 90 valence electrons. The summed E-state index contributed by atoms with van der Waals surface area (Å²) in [6.45, 7) is 1.99. The van der Waals surface area contributed by atoms with Crippen molar-refractivity contribution in [1.29, 1.82) is 0 Å². The van der Waals surface area contributed by atoms with E-state index in [1.807, 2.05) is 6.92 Å². The molecule has 1 heterocycles. The topological polar surface area (TPSA) is 79.1 Å². The number of carbonyl (C=O) groups is 1. The van der Waals surface area contributed by atoms with Crippen molar-refractivity contribution >= 4 is 16.7 Å². The molecule has 0 radical (unpaired) electrons. The van der Waals surface area contributed by atoms with Crippen molar-refractivity contribution in [3.63, 3.8) is 0 Å². The summed E-state index contributed by atoms with van der Waals surface area (Å²) in [4.78, 5) is 15.0. The standard InChI is InChI=1S/C13H16N2O2/c1-2-4-10(14)13(17)9-7-15-12-8(9)5-3-6-11(12)16/h3,5-7,10,15-16H,2,4,14H2,1H3. The Bertz CT molecular complexity index is 545. The quantitative estimate of drug-likeness (QED) is 0.707. The number of nitrogens with two attached hydrogens (primary N) is 1. The zero-order valence-electron chi connectivity index (χ0n) is 9.73. The molecule has 17 heavy (non-hydrogen) atoms. The van der Waals surface area contributed by atoms with Crippen LogP contribution < -0.4 is 5.73 Å². The second-order valence-electron chi connectivity index (χ2n) is 4.16. The zero-order valence-corrected chi connectivity index (χ0v) is 9.73. The van der Waals surface area contributed by atoms with E-state index >= 15 is 0 Å². The van der Waals surface area contributed by atoms with Crippen molar-refractivity contribution in [2.75, 3.05) is 0 Å². The van der Waals surface area contributed by atoms with E-state index in [2.05, 4.69) is 4.98 Å². The monoisotopic (exact) mass is 232 g/mol. The number of fused-ring (bicyclic) bond motifs is 1. The summed E-state index contributed by atoms with van der Waals surface area (Å²) in [5.74, 6) is 0.0642. The number of nitrogens with one attached hydrogen (secondary N) is 1. The van der Waals surface area contributed by atoms with Crippen LogP contribution in [-0.4, -0.2) is 21.9 Å². The number of hydrogen-bond donors (Lipinski definition) is 3. The van der Waals surface area contributed by atoms with Crippen molar-refractivity contribution in [2.45, 2.75) is 25.8 Å². The number of H-pyrrole nitrogens is 1. The van der Waals surface area contributed by atoms with Gasteiger partial charge in [-0.2, -0.15) is 0 Å². The van der Waals surface area contributed by atoms with Gasteiger partial charge >= 0.3 is 0 Å². The number of aromatic nitrogens is 1. The average molecular weight is 232 g/mol. The first-order chi connectivity index (χ1) is 8.15. The van der Waals surface area contributed by atoms with E-state index in [1.165, 1.54) is 0 Å². The molecule has 1 aromatic carbocycles. The normalized spacial score (nSPS) is 12.8. The largest absolute Gasteiger partial charge is 0.506 e. The van der Waals surface area contributed by atoms with Crippen molar-refractivity contribution in [2.24, 2.45) is 5.73 Å². The number of aromatic amines is 1. The third kappa shape index (κ3) is 2.03. The summed E-state index contributed by atoms with van der Waals surface area (Å²) in [6, 6.07) is 4.63. The summed E-state index contributed by atoms with van der Waals surface area (Å²) in [5, 5.41) is 10.4. The number of benzene rings is 1. The Balaban J connectivity index is 2.43. The third-order valence-electron chi connectivity index (χ3n) is 2.90. The fourth-order valence-corrected chi connectivity index (χ4v) is 1.98. The molecule has 1 atom stereocenters. The Hall–Kier alpha value is -1.81. The van der Waals surface area contributed by atoms with Crippen LogP contribution in [0.3, 0.4) is 0 Å². The Kier molecular flexibility index (Phi) is 3.15. The minimum absolute atomic E-state index is 0.0799. The minimum Gasteiger partial charge on any atom is -0.506 e. The molecule has 0 saturated heterocycles. The fourth-order valence-electron chi connectivity index (χ4n) is 1.98. The van der Waals surface area contributed by atoms with E-state index < -0.39 is 6.04 Å². The van der Waals surface area contributed by atoms with E-state index in [9.17, 15) is 9.90 Å². The third-order valence-corrected chi connectivity index (χ3v) is 2.90. The summed E-state index contributed by atoms with van der Waals surface area (Å²) in [7, 11) is 0. The van der Waals surface area contributed by atoms with E-state index in [1.54, 1.807) is 24.4 Å². The van der Waals surface area contributed by atoms with Gasteiger partial charge in [0.15, 0.2) is 5.78 Å². The number of aromatic hydroxyl groups is 1. The molecule has 4 heteroatoms. The number of rotatable bonds is 4. The molecule has 4 nitrogen and oxygen atoms in total. The number of Topliss-reactive ketones (excluding diaryl/α,β-unsaturated/α-hetero) is 1. The molecule has 0 aliphatic rings. The molecule has 0 spiro atoms. The maximum absolute atomic E-state index is 12.1. The van der Waals surface area contributed by atoms with Crippen LogP contribution in [0.2, 0.25) is 0 Å². The fraction of sp³-hybridized carbons (Fsp3) is 0.308. The highest BCUT2D eigenvalue weighted by Gasteiger charge is 2.19. The molecule has 0 fully saturated rings. The van der Waals surface area contributed by atoms with Gasteiger partial charge in [-0.3, -0.25) is 4.79 Å². The summed E-state index contributed by atoms with van der Waals surface area (Å²) >= 11 is 0. The Morgan fingerprint density at radius 2 is 2.29 bits per heavy atom. The van der Waals surface area contributed by atoms with Crippen LogP contribution in [0.4, 0.5) is 0 Å².